The van der Waals surface area contributed by atoms with Crippen LogP contribution in [0.2, 0.25) is 0 Å². The lowest BCUT2D eigenvalue weighted by atomic mass is 10.2. The van der Waals surface area contributed by atoms with Gasteiger partial charge in [0.05, 0.1) is 18.0 Å². The first-order valence-corrected chi connectivity index (χ1v) is 7.04. The standard InChI is InChI=1S/C13H21IN2O2/c1-17-8-3-6-16(7-9-18-2)13-5-4-11(14)10-12(13)15/h4-5,10H,3,6-9,15H2,1-2H3. The zero-order valence-corrected chi connectivity index (χ0v) is 13.1. The van der Waals surface area contributed by atoms with Crippen LogP contribution >= 0.6 is 22.6 Å². The van der Waals surface area contributed by atoms with Crippen LogP contribution < -0.4 is 10.6 Å². The van der Waals surface area contributed by atoms with E-state index in [0.717, 1.165) is 41.1 Å². The van der Waals surface area contributed by atoms with Crippen LogP contribution in [-0.2, 0) is 9.47 Å². The monoisotopic (exact) mass is 364 g/mol. The van der Waals surface area contributed by atoms with Crippen molar-refractivity contribution in [3.8, 4) is 0 Å². The van der Waals surface area contributed by atoms with E-state index in [2.05, 4.69) is 39.6 Å². The molecule has 0 spiro atoms. The number of halogens is 1. The van der Waals surface area contributed by atoms with Crippen molar-refractivity contribution in [2.45, 2.75) is 6.42 Å². The summed E-state index contributed by atoms with van der Waals surface area (Å²) in [5.74, 6) is 0. The number of anilines is 2. The average molecular weight is 364 g/mol. The lowest BCUT2D eigenvalue weighted by Gasteiger charge is -2.26. The number of hydrogen-bond acceptors (Lipinski definition) is 4. The van der Waals surface area contributed by atoms with Crippen LogP contribution in [0.3, 0.4) is 0 Å². The second-order valence-electron chi connectivity index (χ2n) is 4.03. The second-order valence-corrected chi connectivity index (χ2v) is 5.27. The molecule has 1 rings (SSSR count). The number of rotatable bonds is 8. The summed E-state index contributed by atoms with van der Waals surface area (Å²) in [6, 6.07) is 6.13. The molecular weight excluding hydrogens is 343 g/mol. The molecule has 0 heterocycles. The van der Waals surface area contributed by atoms with Crippen LogP contribution in [0.25, 0.3) is 0 Å². The van der Waals surface area contributed by atoms with Gasteiger partial charge in [0.2, 0.25) is 0 Å². The van der Waals surface area contributed by atoms with Gasteiger partial charge < -0.3 is 20.1 Å². The summed E-state index contributed by atoms with van der Waals surface area (Å²) in [5, 5.41) is 0. The third kappa shape index (κ3) is 4.99. The Hall–Kier alpha value is -0.530. The van der Waals surface area contributed by atoms with Crippen molar-refractivity contribution in [2.24, 2.45) is 0 Å². The van der Waals surface area contributed by atoms with Gasteiger partial charge in [0.25, 0.3) is 0 Å². The summed E-state index contributed by atoms with van der Waals surface area (Å²) in [5.41, 5.74) is 7.97. The van der Waals surface area contributed by atoms with E-state index < -0.39 is 0 Å². The molecule has 4 nitrogen and oxygen atoms in total. The molecule has 102 valence electrons. The minimum Gasteiger partial charge on any atom is -0.397 e. The maximum atomic E-state index is 6.08. The van der Waals surface area contributed by atoms with Crippen molar-refractivity contribution < 1.29 is 9.47 Å². The van der Waals surface area contributed by atoms with Gasteiger partial charge in [0, 0.05) is 37.5 Å². The summed E-state index contributed by atoms with van der Waals surface area (Å²) in [6.07, 6.45) is 0.978. The molecule has 1 aromatic rings. The van der Waals surface area contributed by atoms with Gasteiger partial charge in [-0.1, -0.05) is 0 Å². The maximum Gasteiger partial charge on any atom is 0.0637 e. The molecule has 0 saturated carbocycles. The minimum atomic E-state index is 0.693. The molecule has 1 aromatic carbocycles. The summed E-state index contributed by atoms with van der Waals surface area (Å²) in [4.78, 5) is 2.24. The number of nitrogen functional groups attached to an aromatic ring is 1. The zero-order chi connectivity index (χ0) is 13.4. The Kier molecular flexibility index (Phi) is 7.38. The minimum absolute atomic E-state index is 0.693. The van der Waals surface area contributed by atoms with Gasteiger partial charge in [0.1, 0.15) is 0 Å². The Morgan fingerprint density at radius 1 is 1.17 bits per heavy atom. The van der Waals surface area contributed by atoms with E-state index in [9.17, 15) is 0 Å². The van der Waals surface area contributed by atoms with Crippen LogP contribution in [0.4, 0.5) is 11.4 Å². The molecule has 0 saturated heterocycles. The Bertz CT molecular complexity index is 361. The van der Waals surface area contributed by atoms with Crippen LogP contribution in [0.1, 0.15) is 6.42 Å². The topological polar surface area (TPSA) is 47.7 Å². The molecular formula is C13H21IN2O2. The van der Waals surface area contributed by atoms with Gasteiger partial charge in [-0.15, -0.1) is 0 Å². The summed E-state index contributed by atoms with van der Waals surface area (Å²) in [7, 11) is 3.43. The molecule has 5 heteroatoms. The van der Waals surface area contributed by atoms with Crippen molar-refractivity contribution in [1.29, 1.82) is 0 Å². The second kappa shape index (κ2) is 8.55. The molecule has 0 aromatic heterocycles. The molecule has 0 fully saturated rings. The van der Waals surface area contributed by atoms with Gasteiger partial charge in [-0.05, 0) is 47.2 Å². The average Bonchev–Trinajstić information content (AvgIpc) is 2.34. The number of nitrogens with zero attached hydrogens (tertiary/aromatic N) is 1. The van der Waals surface area contributed by atoms with Crippen LogP contribution in [0.15, 0.2) is 18.2 Å². The fourth-order valence-corrected chi connectivity index (χ4v) is 2.28. The SMILES string of the molecule is COCCCN(CCOC)c1ccc(I)cc1N. The summed E-state index contributed by atoms with van der Waals surface area (Å²) < 4.78 is 11.4. The number of ether oxygens (including phenoxy) is 2. The molecule has 0 atom stereocenters. The van der Waals surface area contributed by atoms with E-state index in [4.69, 9.17) is 15.2 Å². The lowest BCUT2D eigenvalue weighted by Crippen LogP contribution is -2.29. The van der Waals surface area contributed by atoms with E-state index in [1.807, 2.05) is 6.07 Å². The Labute approximate surface area is 123 Å². The van der Waals surface area contributed by atoms with Crippen LogP contribution in [0.5, 0.6) is 0 Å². The van der Waals surface area contributed by atoms with E-state index >= 15 is 0 Å². The molecule has 0 aliphatic rings. The van der Waals surface area contributed by atoms with Crippen molar-refractivity contribution in [2.75, 3.05) is 51.2 Å². The van der Waals surface area contributed by atoms with Crippen LogP contribution in [0, 0.1) is 3.57 Å². The van der Waals surface area contributed by atoms with Crippen molar-refractivity contribution in [3.63, 3.8) is 0 Å². The highest BCUT2D eigenvalue weighted by atomic mass is 127. The molecule has 0 aliphatic carbocycles. The van der Waals surface area contributed by atoms with E-state index in [-0.39, 0.29) is 0 Å². The van der Waals surface area contributed by atoms with Crippen LogP contribution in [-0.4, -0.2) is 40.5 Å². The van der Waals surface area contributed by atoms with E-state index in [1.165, 1.54) is 0 Å². The highest BCUT2D eigenvalue weighted by Gasteiger charge is 2.09. The molecule has 0 unspecified atom stereocenters. The van der Waals surface area contributed by atoms with E-state index in [0.29, 0.717) is 6.61 Å². The normalized spacial score (nSPS) is 10.6. The first-order chi connectivity index (χ1) is 8.69. The quantitative estimate of drug-likeness (QED) is 0.437. The van der Waals surface area contributed by atoms with Crippen molar-refractivity contribution in [1.82, 2.24) is 0 Å². The number of nitrogens with two attached hydrogens (primary N) is 1. The number of methoxy groups -OCH3 is 2. The Morgan fingerprint density at radius 2 is 1.89 bits per heavy atom. The van der Waals surface area contributed by atoms with E-state index in [1.54, 1.807) is 14.2 Å². The third-order valence-electron chi connectivity index (χ3n) is 2.67. The number of hydrogen-bond donors (Lipinski definition) is 1. The fraction of sp³-hybridized carbons (Fsp3) is 0.538. The van der Waals surface area contributed by atoms with Gasteiger partial charge >= 0.3 is 0 Å². The van der Waals surface area contributed by atoms with Crippen molar-refractivity contribution >= 4 is 34.0 Å². The molecule has 0 bridgehead atoms. The Balaban J connectivity index is 2.73. The predicted molar refractivity (Wildman–Crippen MR) is 84.2 cm³/mol. The van der Waals surface area contributed by atoms with Crippen molar-refractivity contribution in [3.05, 3.63) is 21.8 Å². The lowest BCUT2D eigenvalue weighted by molar-refractivity contribution is 0.191. The van der Waals surface area contributed by atoms with Gasteiger partial charge in [-0.3, -0.25) is 0 Å². The molecule has 0 aliphatic heterocycles. The van der Waals surface area contributed by atoms with Gasteiger partial charge in [-0.25, -0.2) is 0 Å². The summed E-state index contributed by atoms with van der Waals surface area (Å²) in [6.45, 7) is 3.21. The largest absolute Gasteiger partial charge is 0.397 e. The number of benzene rings is 1. The molecule has 18 heavy (non-hydrogen) atoms. The molecule has 0 radical (unpaired) electrons. The fourth-order valence-electron chi connectivity index (χ4n) is 1.77. The predicted octanol–water partition coefficient (Wildman–Crippen LogP) is 2.36. The zero-order valence-electron chi connectivity index (χ0n) is 11.0. The highest BCUT2D eigenvalue weighted by Crippen LogP contribution is 2.25. The maximum absolute atomic E-state index is 6.08. The third-order valence-corrected chi connectivity index (χ3v) is 3.34. The highest BCUT2D eigenvalue weighted by molar-refractivity contribution is 14.1. The smallest absolute Gasteiger partial charge is 0.0637 e. The van der Waals surface area contributed by atoms with Gasteiger partial charge in [-0.2, -0.15) is 0 Å². The van der Waals surface area contributed by atoms with Gasteiger partial charge in [0.15, 0.2) is 0 Å². The first kappa shape index (κ1) is 15.5. The summed E-state index contributed by atoms with van der Waals surface area (Å²) >= 11 is 2.27. The first-order valence-electron chi connectivity index (χ1n) is 5.97. The Morgan fingerprint density at radius 3 is 2.50 bits per heavy atom. The molecule has 2 N–H and O–H groups in total. The molecule has 0 amide bonds.